The normalized spacial score (nSPS) is 20.5. The van der Waals surface area contributed by atoms with Gasteiger partial charge >= 0.3 is 5.97 Å². The third-order valence-electron chi connectivity index (χ3n) is 7.93. The van der Waals surface area contributed by atoms with E-state index in [2.05, 4.69) is 34.7 Å². The molecule has 0 bridgehead atoms. The Labute approximate surface area is 214 Å². The van der Waals surface area contributed by atoms with Crippen molar-refractivity contribution in [1.29, 1.82) is 0 Å². The predicted molar refractivity (Wildman–Crippen MR) is 139 cm³/mol. The van der Waals surface area contributed by atoms with Crippen LogP contribution in [-0.4, -0.2) is 51.7 Å². The van der Waals surface area contributed by atoms with Gasteiger partial charge in [0, 0.05) is 40.9 Å². The van der Waals surface area contributed by atoms with Crippen molar-refractivity contribution in [2.45, 2.75) is 57.8 Å². The Morgan fingerprint density at radius 3 is 2.65 bits per heavy atom. The van der Waals surface area contributed by atoms with E-state index in [1.165, 1.54) is 13.2 Å². The van der Waals surface area contributed by atoms with Crippen LogP contribution in [0.15, 0.2) is 30.5 Å². The van der Waals surface area contributed by atoms with Crippen molar-refractivity contribution >= 4 is 28.0 Å². The fraction of sp³-hybridized carbons (Fsp3) is 0.464. The van der Waals surface area contributed by atoms with Crippen molar-refractivity contribution in [3.05, 3.63) is 47.5 Å². The molecule has 0 aliphatic heterocycles. The van der Waals surface area contributed by atoms with Gasteiger partial charge in [0.15, 0.2) is 17.2 Å². The van der Waals surface area contributed by atoms with Crippen LogP contribution < -0.4 is 4.74 Å². The number of hydrogen-bond donors (Lipinski definition) is 2. The largest absolute Gasteiger partial charge is 0.494 e. The molecule has 0 radical (unpaired) electrons. The Balaban J connectivity index is 1.82. The molecule has 4 aromatic rings. The maximum Gasteiger partial charge on any atom is 0.309 e. The topological polar surface area (TPSA) is 102 Å². The standard InChI is InChI=1S/C28H33FN4O4/c1-27(2,15-36-4)24-22(16-8-10-28(3,11-9-16)26(34)35)23-20(12-17-14-30-32-25(17)31-23)33(24)18-6-7-19(29)21(13-18)37-5/h6-7,12-14,16H,8-11,15H2,1-5H3,(H,34,35)(H,30,31,32). The number of benzene rings is 1. The quantitative estimate of drug-likeness (QED) is 0.331. The molecule has 196 valence electrons. The van der Waals surface area contributed by atoms with Gasteiger partial charge in [-0.2, -0.15) is 5.10 Å². The number of aliphatic carboxylic acids is 1. The number of pyridine rings is 1. The van der Waals surface area contributed by atoms with Crippen LogP contribution in [0.4, 0.5) is 4.39 Å². The number of aromatic nitrogens is 4. The molecule has 0 unspecified atom stereocenters. The predicted octanol–water partition coefficient (Wildman–Crippen LogP) is 5.72. The second-order valence-electron chi connectivity index (χ2n) is 11.0. The molecule has 0 atom stereocenters. The number of nitrogens with one attached hydrogen (secondary N) is 1. The lowest BCUT2D eigenvalue weighted by Crippen LogP contribution is -2.33. The van der Waals surface area contributed by atoms with E-state index in [1.807, 2.05) is 6.92 Å². The lowest BCUT2D eigenvalue weighted by Gasteiger charge is -2.36. The number of halogens is 1. The van der Waals surface area contributed by atoms with Crippen LogP contribution in [0.3, 0.4) is 0 Å². The van der Waals surface area contributed by atoms with E-state index >= 15 is 0 Å². The summed E-state index contributed by atoms with van der Waals surface area (Å²) in [5.74, 6) is -0.915. The van der Waals surface area contributed by atoms with Crippen molar-refractivity contribution in [3.63, 3.8) is 0 Å². The number of fused-ring (bicyclic) bond motifs is 2. The van der Waals surface area contributed by atoms with Crippen LogP contribution in [0.1, 0.15) is 63.6 Å². The summed E-state index contributed by atoms with van der Waals surface area (Å²) in [4.78, 5) is 17.0. The number of H-pyrrole nitrogens is 1. The summed E-state index contributed by atoms with van der Waals surface area (Å²) in [6.45, 7) is 6.54. The molecule has 5 rings (SSSR count). The van der Waals surface area contributed by atoms with Crippen molar-refractivity contribution in [2.24, 2.45) is 5.41 Å². The molecule has 1 aliphatic carbocycles. The average molecular weight is 509 g/mol. The van der Waals surface area contributed by atoms with E-state index in [0.717, 1.165) is 46.2 Å². The first-order valence-corrected chi connectivity index (χ1v) is 12.5. The molecule has 1 aliphatic rings. The summed E-state index contributed by atoms with van der Waals surface area (Å²) >= 11 is 0. The zero-order chi connectivity index (χ0) is 26.5. The minimum Gasteiger partial charge on any atom is -0.494 e. The molecule has 9 heteroatoms. The number of methoxy groups -OCH3 is 2. The van der Waals surface area contributed by atoms with Gasteiger partial charge in [0.25, 0.3) is 0 Å². The van der Waals surface area contributed by atoms with Gasteiger partial charge in [-0.15, -0.1) is 0 Å². The van der Waals surface area contributed by atoms with Gasteiger partial charge in [-0.25, -0.2) is 9.37 Å². The summed E-state index contributed by atoms with van der Waals surface area (Å²) in [6.07, 6.45) is 4.37. The molecular weight excluding hydrogens is 475 g/mol. The number of carboxylic acids is 1. The van der Waals surface area contributed by atoms with Crippen LogP contribution in [0.25, 0.3) is 27.8 Å². The van der Waals surface area contributed by atoms with Gasteiger partial charge < -0.3 is 19.1 Å². The van der Waals surface area contributed by atoms with Gasteiger partial charge in [0.05, 0.1) is 36.4 Å². The van der Waals surface area contributed by atoms with E-state index in [4.69, 9.17) is 14.5 Å². The number of rotatable bonds is 7. The Bertz CT molecular complexity index is 1480. The molecule has 0 amide bonds. The highest BCUT2D eigenvalue weighted by atomic mass is 19.1. The lowest BCUT2D eigenvalue weighted by molar-refractivity contribution is -0.149. The van der Waals surface area contributed by atoms with Crippen LogP contribution in [0.5, 0.6) is 5.75 Å². The number of aromatic amines is 1. The van der Waals surface area contributed by atoms with Gasteiger partial charge in [0.1, 0.15) is 0 Å². The minimum atomic E-state index is -0.746. The van der Waals surface area contributed by atoms with Crippen LogP contribution >= 0.6 is 0 Å². The molecule has 3 aromatic heterocycles. The number of hydrogen-bond acceptors (Lipinski definition) is 5. The number of nitrogens with zero attached hydrogens (tertiary/aromatic N) is 3. The summed E-state index contributed by atoms with van der Waals surface area (Å²) in [6, 6.07) is 6.91. The molecule has 1 saturated carbocycles. The van der Waals surface area contributed by atoms with E-state index in [0.29, 0.717) is 25.1 Å². The molecule has 8 nitrogen and oxygen atoms in total. The molecular formula is C28H33FN4O4. The van der Waals surface area contributed by atoms with Crippen LogP contribution in [0, 0.1) is 11.2 Å². The molecule has 1 aromatic carbocycles. The second kappa shape index (κ2) is 9.13. The smallest absolute Gasteiger partial charge is 0.309 e. The first kappa shape index (κ1) is 25.2. The van der Waals surface area contributed by atoms with Crippen molar-refractivity contribution < 1.29 is 23.8 Å². The van der Waals surface area contributed by atoms with Gasteiger partial charge in [-0.05, 0) is 56.7 Å². The monoisotopic (exact) mass is 508 g/mol. The minimum absolute atomic E-state index is 0.109. The van der Waals surface area contributed by atoms with Crippen LogP contribution in [0.2, 0.25) is 0 Å². The van der Waals surface area contributed by atoms with Gasteiger partial charge in [-0.3, -0.25) is 9.89 Å². The molecule has 37 heavy (non-hydrogen) atoms. The zero-order valence-electron chi connectivity index (χ0n) is 21.9. The number of carboxylic acid groups (broad SMARTS) is 1. The number of carbonyl (C=O) groups is 1. The Morgan fingerprint density at radius 2 is 2.00 bits per heavy atom. The highest BCUT2D eigenvalue weighted by molar-refractivity contribution is 5.94. The van der Waals surface area contributed by atoms with Gasteiger partial charge in [0.2, 0.25) is 0 Å². The SMILES string of the molecule is COCC(C)(C)c1c(C2CCC(C)(C(=O)O)CC2)c2nc3[nH]ncc3cc2n1-c1ccc(F)c(OC)c1. The molecule has 0 saturated heterocycles. The molecule has 3 heterocycles. The molecule has 0 spiro atoms. The highest BCUT2D eigenvalue weighted by Crippen LogP contribution is 2.49. The lowest BCUT2D eigenvalue weighted by atomic mass is 9.69. The fourth-order valence-corrected chi connectivity index (χ4v) is 5.89. The third kappa shape index (κ3) is 4.15. The maximum atomic E-state index is 14.4. The zero-order valence-corrected chi connectivity index (χ0v) is 21.9. The summed E-state index contributed by atoms with van der Waals surface area (Å²) in [5, 5.41) is 17.8. The van der Waals surface area contributed by atoms with E-state index in [-0.39, 0.29) is 11.7 Å². The Kier molecular flexibility index (Phi) is 6.22. The third-order valence-corrected chi connectivity index (χ3v) is 7.93. The average Bonchev–Trinajstić information content (AvgIpc) is 3.45. The second-order valence-corrected chi connectivity index (χ2v) is 11.0. The van der Waals surface area contributed by atoms with Crippen molar-refractivity contribution in [3.8, 4) is 11.4 Å². The highest BCUT2D eigenvalue weighted by Gasteiger charge is 2.41. The first-order valence-electron chi connectivity index (χ1n) is 12.5. The Hall–Kier alpha value is -3.46. The molecule has 1 fully saturated rings. The first-order chi connectivity index (χ1) is 17.6. The van der Waals surface area contributed by atoms with Crippen molar-refractivity contribution in [1.82, 2.24) is 19.7 Å². The molecule has 2 N–H and O–H groups in total. The maximum absolute atomic E-state index is 14.4. The fourth-order valence-electron chi connectivity index (χ4n) is 5.89. The Morgan fingerprint density at radius 1 is 1.27 bits per heavy atom. The van der Waals surface area contributed by atoms with E-state index in [1.54, 1.807) is 25.4 Å². The van der Waals surface area contributed by atoms with Crippen molar-refractivity contribution in [2.75, 3.05) is 20.8 Å². The summed E-state index contributed by atoms with van der Waals surface area (Å²) in [5.41, 5.74) is 4.09. The summed E-state index contributed by atoms with van der Waals surface area (Å²) < 4.78 is 27.6. The van der Waals surface area contributed by atoms with Crippen LogP contribution in [-0.2, 0) is 14.9 Å². The summed E-state index contributed by atoms with van der Waals surface area (Å²) in [7, 11) is 3.14. The van der Waals surface area contributed by atoms with E-state index < -0.39 is 22.6 Å². The number of ether oxygens (including phenoxy) is 2. The van der Waals surface area contributed by atoms with E-state index in [9.17, 15) is 14.3 Å². The van der Waals surface area contributed by atoms with Gasteiger partial charge in [-0.1, -0.05) is 13.8 Å².